The van der Waals surface area contributed by atoms with E-state index in [1.165, 1.54) is 11.3 Å². The summed E-state index contributed by atoms with van der Waals surface area (Å²) in [6.45, 7) is 2.51. The summed E-state index contributed by atoms with van der Waals surface area (Å²) < 4.78 is 0. The highest BCUT2D eigenvalue weighted by Crippen LogP contribution is 2.29. The summed E-state index contributed by atoms with van der Waals surface area (Å²) in [7, 11) is 0. The Balaban J connectivity index is 1.46. The summed E-state index contributed by atoms with van der Waals surface area (Å²) in [4.78, 5) is 33.0. The number of carbonyl (C=O) groups is 2. The highest BCUT2D eigenvalue weighted by Gasteiger charge is 2.35. The molecule has 1 N–H and O–H groups in total. The molecule has 30 heavy (non-hydrogen) atoms. The summed E-state index contributed by atoms with van der Waals surface area (Å²) in [5.74, 6) is -0.294. The zero-order chi connectivity index (χ0) is 21.1. The molecule has 0 spiro atoms. The Hall–Kier alpha value is -2.70. The number of thiazole rings is 1. The number of rotatable bonds is 5. The van der Waals surface area contributed by atoms with Gasteiger partial charge in [0.15, 0.2) is 5.13 Å². The smallest absolute Gasteiger partial charge is 0.254 e. The predicted octanol–water partition coefficient (Wildman–Crippen LogP) is 4.94. The maximum Gasteiger partial charge on any atom is 0.254 e. The van der Waals surface area contributed by atoms with E-state index in [1.807, 2.05) is 49.4 Å². The van der Waals surface area contributed by atoms with Gasteiger partial charge in [-0.05, 0) is 43.5 Å². The van der Waals surface area contributed by atoms with E-state index < -0.39 is 6.04 Å². The van der Waals surface area contributed by atoms with Crippen LogP contribution >= 0.6 is 22.9 Å². The summed E-state index contributed by atoms with van der Waals surface area (Å²) in [5, 5.41) is 4.20. The third kappa shape index (κ3) is 4.40. The number of nitrogens with zero attached hydrogens (tertiary/aromatic N) is 2. The van der Waals surface area contributed by atoms with Crippen molar-refractivity contribution in [1.29, 1.82) is 0 Å². The Labute approximate surface area is 184 Å². The molecule has 1 fully saturated rings. The highest BCUT2D eigenvalue weighted by atomic mass is 35.5. The second kappa shape index (κ2) is 8.98. The van der Waals surface area contributed by atoms with Crippen LogP contribution in [0, 0.1) is 6.92 Å². The zero-order valence-corrected chi connectivity index (χ0v) is 18.2. The van der Waals surface area contributed by atoms with Gasteiger partial charge in [-0.25, -0.2) is 4.98 Å². The first-order valence-electron chi connectivity index (χ1n) is 9.89. The normalized spacial score (nSPS) is 15.9. The van der Waals surface area contributed by atoms with Crippen LogP contribution in [0.5, 0.6) is 0 Å². The molecule has 154 valence electrons. The fourth-order valence-electron chi connectivity index (χ4n) is 3.68. The lowest BCUT2D eigenvalue weighted by Crippen LogP contribution is -2.43. The van der Waals surface area contributed by atoms with Crippen molar-refractivity contribution >= 4 is 39.9 Å². The van der Waals surface area contributed by atoms with E-state index in [4.69, 9.17) is 11.6 Å². The van der Waals surface area contributed by atoms with Crippen LogP contribution in [0.3, 0.4) is 0 Å². The van der Waals surface area contributed by atoms with Crippen LogP contribution in [0.1, 0.15) is 39.3 Å². The summed E-state index contributed by atoms with van der Waals surface area (Å²) in [5.41, 5.74) is 2.50. The number of hydrogen-bond acceptors (Lipinski definition) is 4. The molecular weight excluding hydrogens is 418 g/mol. The molecule has 0 saturated carbocycles. The SMILES string of the molecule is Cc1nc(NC(=O)C2CCCN2C(=O)c2ccccc2)sc1Cc1ccccc1Cl. The molecular formula is C23H22ClN3O2S. The molecule has 0 aliphatic carbocycles. The minimum Gasteiger partial charge on any atom is -0.327 e. The zero-order valence-electron chi connectivity index (χ0n) is 16.6. The van der Waals surface area contributed by atoms with Gasteiger partial charge in [-0.2, -0.15) is 0 Å². The third-order valence-corrected chi connectivity index (χ3v) is 6.71. The van der Waals surface area contributed by atoms with Crippen molar-refractivity contribution in [2.45, 2.75) is 32.2 Å². The van der Waals surface area contributed by atoms with Gasteiger partial charge >= 0.3 is 0 Å². The molecule has 2 amide bonds. The van der Waals surface area contributed by atoms with E-state index in [-0.39, 0.29) is 11.8 Å². The van der Waals surface area contributed by atoms with Crippen molar-refractivity contribution in [2.75, 3.05) is 11.9 Å². The predicted molar refractivity (Wildman–Crippen MR) is 120 cm³/mol. The van der Waals surface area contributed by atoms with Crippen LogP contribution in [-0.2, 0) is 11.2 Å². The van der Waals surface area contributed by atoms with Crippen molar-refractivity contribution in [2.24, 2.45) is 0 Å². The Bertz CT molecular complexity index is 1070. The van der Waals surface area contributed by atoms with Crippen molar-refractivity contribution in [1.82, 2.24) is 9.88 Å². The first kappa shape index (κ1) is 20.6. The van der Waals surface area contributed by atoms with Gasteiger partial charge in [0.25, 0.3) is 5.91 Å². The molecule has 1 aliphatic rings. The van der Waals surface area contributed by atoms with Gasteiger partial charge < -0.3 is 10.2 Å². The topological polar surface area (TPSA) is 62.3 Å². The van der Waals surface area contributed by atoms with Gasteiger partial charge in [0.2, 0.25) is 5.91 Å². The number of halogens is 1. The number of hydrogen-bond donors (Lipinski definition) is 1. The van der Waals surface area contributed by atoms with Crippen LogP contribution in [0.2, 0.25) is 5.02 Å². The van der Waals surface area contributed by atoms with Gasteiger partial charge in [0.1, 0.15) is 6.04 Å². The standard InChI is InChI=1S/C23H22ClN3O2S/c1-15-20(14-17-10-5-6-11-18(17)24)30-23(25-15)26-21(28)19-12-7-13-27(19)22(29)16-8-3-2-4-9-16/h2-6,8-11,19H,7,12-14H2,1H3,(H,25,26,28). The van der Waals surface area contributed by atoms with Gasteiger partial charge in [0, 0.05) is 28.4 Å². The summed E-state index contributed by atoms with van der Waals surface area (Å²) >= 11 is 7.73. The molecule has 2 heterocycles. The molecule has 0 bridgehead atoms. The molecule has 1 aromatic heterocycles. The van der Waals surface area contributed by atoms with Crippen LogP contribution in [-0.4, -0.2) is 34.3 Å². The number of likely N-dealkylation sites (tertiary alicyclic amines) is 1. The number of nitrogens with one attached hydrogen (secondary N) is 1. The first-order chi connectivity index (χ1) is 14.5. The quantitative estimate of drug-likeness (QED) is 0.612. The number of anilines is 1. The molecule has 1 saturated heterocycles. The maximum atomic E-state index is 12.9. The van der Waals surface area contributed by atoms with Gasteiger partial charge in [0.05, 0.1) is 5.69 Å². The molecule has 7 heteroatoms. The average Bonchev–Trinajstić information content (AvgIpc) is 3.37. The lowest BCUT2D eigenvalue weighted by molar-refractivity contribution is -0.119. The van der Waals surface area contributed by atoms with E-state index in [2.05, 4.69) is 10.3 Å². The first-order valence-corrected chi connectivity index (χ1v) is 11.1. The van der Waals surface area contributed by atoms with E-state index in [1.54, 1.807) is 17.0 Å². The lowest BCUT2D eigenvalue weighted by atomic mass is 10.1. The van der Waals surface area contributed by atoms with Gasteiger partial charge in [-0.3, -0.25) is 9.59 Å². The van der Waals surface area contributed by atoms with Gasteiger partial charge in [-0.15, -0.1) is 11.3 Å². The van der Waals surface area contributed by atoms with Crippen molar-refractivity contribution < 1.29 is 9.59 Å². The molecule has 1 atom stereocenters. The van der Waals surface area contributed by atoms with Crippen molar-refractivity contribution in [3.05, 3.63) is 81.3 Å². The number of aromatic nitrogens is 1. The van der Waals surface area contributed by atoms with E-state index in [0.29, 0.717) is 30.1 Å². The van der Waals surface area contributed by atoms with Crippen LogP contribution in [0.25, 0.3) is 0 Å². The second-order valence-corrected chi connectivity index (χ2v) is 8.80. The largest absolute Gasteiger partial charge is 0.327 e. The monoisotopic (exact) mass is 439 g/mol. The molecule has 2 aromatic carbocycles. The van der Waals surface area contributed by atoms with Crippen LogP contribution < -0.4 is 5.32 Å². The number of carbonyl (C=O) groups excluding carboxylic acids is 2. The fourth-order valence-corrected chi connectivity index (χ4v) is 4.87. The molecule has 0 radical (unpaired) electrons. The molecule has 4 rings (SSSR count). The number of benzene rings is 2. The minimum atomic E-state index is -0.478. The fraction of sp³-hybridized carbons (Fsp3) is 0.261. The molecule has 5 nitrogen and oxygen atoms in total. The summed E-state index contributed by atoms with van der Waals surface area (Å²) in [6.07, 6.45) is 2.13. The van der Waals surface area contributed by atoms with E-state index in [0.717, 1.165) is 27.6 Å². The Morgan fingerprint density at radius 1 is 1.17 bits per heavy atom. The highest BCUT2D eigenvalue weighted by molar-refractivity contribution is 7.15. The lowest BCUT2D eigenvalue weighted by Gasteiger charge is -2.23. The van der Waals surface area contributed by atoms with E-state index >= 15 is 0 Å². The molecule has 1 unspecified atom stereocenters. The average molecular weight is 440 g/mol. The van der Waals surface area contributed by atoms with Gasteiger partial charge in [-0.1, -0.05) is 48.0 Å². The molecule has 3 aromatic rings. The second-order valence-electron chi connectivity index (χ2n) is 7.31. The Morgan fingerprint density at radius 2 is 1.90 bits per heavy atom. The Morgan fingerprint density at radius 3 is 2.67 bits per heavy atom. The third-order valence-electron chi connectivity index (χ3n) is 5.27. The maximum absolute atomic E-state index is 12.9. The van der Waals surface area contributed by atoms with E-state index in [9.17, 15) is 9.59 Å². The van der Waals surface area contributed by atoms with Crippen LogP contribution in [0.15, 0.2) is 54.6 Å². The summed E-state index contributed by atoms with van der Waals surface area (Å²) in [6, 6.07) is 16.3. The van der Waals surface area contributed by atoms with Crippen LogP contribution in [0.4, 0.5) is 5.13 Å². The van der Waals surface area contributed by atoms with Crippen molar-refractivity contribution in [3.8, 4) is 0 Å². The molecule has 1 aliphatic heterocycles. The number of aryl methyl sites for hydroxylation is 1. The number of amides is 2. The van der Waals surface area contributed by atoms with Crippen molar-refractivity contribution in [3.63, 3.8) is 0 Å². The minimum absolute atomic E-state index is 0.108. The Kier molecular flexibility index (Phi) is 6.16.